The molecule has 146 valence electrons. The Morgan fingerprint density at radius 2 is 1.93 bits per heavy atom. The van der Waals surface area contributed by atoms with E-state index in [2.05, 4.69) is 5.32 Å². The Morgan fingerprint density at radius 1 is 1.22 bits per heavy atom. The zero-order chi connectivity index (χ0) is 19.3. The predicted molar refractivity (Wildman–Crippen MR) is 104 cm³/mol. The molecular formula is C18H22N2O5S2. The number of sulfonamides is 1. The number of carbonyl (C=O) groups is 1. The van der Waals surface area contributed by atoms with Crippen molar-refractivity contribution in [3.05, 3.63) is 48.4 Å². The number of thioether (sulfide) groups is 1. The minimum absolute atomic E-state index is 0.143. The van der Waals surface area contributed by atoms with E-state index in [4.69, 9.17) is 9.15 Å². The van der Waals surface area contributed by atoms with Gasteiger partial charge < -0.3 is 14.5 Å². The van der Waals surface area contributed by atoms with Gasteiger partial charge in [0.25, 0.3) is 0 Å². The third-order valence-electron chi connectivity index (χ3n) is 4.15. The van der Waals surface area contributed by atoms with Crippen LogP contribution < -0.4 is 5.32 Å². The van der Waals surface area contributed by atoms with E-state index >= 15 is 0 Å². The van der Waals surface area contributed by atoms with Crippen LogP contribution in [-0.2, 0) is 25.3 Å². The molecule has 1 aromatic heterocycles. The van der Waals surface area contributed by atoms with Gasteiger partial charge in [-0.1, -0.05) is 0 Å². The summed E-state index contributed by atoms with van der Waals surface area (Å²) >= 11 is 1.47. The van der Waals surface area contributed by atoms with E-state index in [-0.39, 0.29) is 16.1 Å². The van der Waals surface area contributed by atoms with Gasteiger partial charge >= 0.3 is 0 Å². The fourth-order valence-electron chi connectivity index (χ4n) is 2.57. The fraction of sp³-hybridized carbons (Fsp3) is 0.389. The van der Waals surface area contributed by atoms with Crippen LogP contribution in [-0.4, -0.2) is 50.2 Å². The van der Waals surface area contributed by atoms with Crippen molar-refractivity contribution in [1.29, 1.82) is 0 Å². The lowest BCUT2D eigenvalue weighted by Crippen LogP contribution is -2.40. The fourth-order valence-corrected chi connectivity index (χ4v) is 4.76. The molecule has 3 rings (SSSR count). The van der Waals surface area contributed by atoms with Gasteiger partial charge in [0.1, 0.15) is 5.76 Å². The lowest BCUT2D eigenvalue weighted by molar-refractivity contribution is -0.115. The van der Waals surface area contributed by atoms with E-state index in [0.717, 1.165) is 5.76 Å². The summed E-state index contributed by atoms with van der Waals surface area (Å²) in [5.41, 5.74) is 0.561. The molecule has 1 aliphatic rings. The van der Waals surface area contributed by atoms with Crippen LogP contribution >= 0.6 is 11.8 Å². The van der Waals surface area contributed by atoms with Gasteiger partial charge in [-0.3, -0.25) is 4.79 Å². The number of morpholine rings is 1. The summed E-state index contributed by atoms with van der Waals surface area (Å²) in [4.78, 5) is 12.5. The molecule has 1 atom stereocenters. The van der Waals surface area contributed by atoms with Crippen molar-refractivity contribution in [2.24, 2.45) is 0 Å². The standard InChI is InChI=1S/C18H22N2O5S2/c1-14(26-13-16-3-2-10-25-16)18(21)19-15-4-6-17(7-5-15)27(22,23)20-8-11-24-12-9-20/h2-7,10,14H,8-9,11-13H2,1H3,(H,19,21)/t14-/m0/s1. The van der Waals surface area contributed by atoms with Crippen LogP contribution in [0.5, 0.6) is 0 Å². The summed E-state index contributed by atoms with van der Waals surface area (Å²) < 4.78 is 37.1. The van der Waals surface area contributed by atoms with E-state index in [1.54, 1.807) is 18.4 Å². The Labute approximate surface area is 163 Å². The molecule has 1 aliphatic heterocycles. The van der Waals surface area contributed by atoms with Gasteiger partial charge in [-0.2, -0.15) is 4.31 Å². The number of carbonyl (C=O) groups excluding carboxylic acids is 1. The van der Waals surface area contributed by atoms with Crippen molar-refractivity contribution >= 4 is 33.4 Å². The van der Waals surface area contributed by atoms with Gasteiger partial charge in [-0.15, -0.1) is 11.8 Å². The smallest absolute Gasteiger partial charge is 0.243 e. The van der Waals surface area contributed by atoms with E-state index < -0.39 is 10.0 Å². The molecule has 0 radical (unpaired) electrons. The van der Waals surface area contributed by atoms with Gasteiger partial charge in [-0.25, -0.2) is 8.42 Å². The molecule has 0 saturated carbocycles. The second kappa shape index (κ2) is 8.92. The summed E-state index contributed by atoms with van der Waals surface area (Å²) in [6.45, 7) is 3.33. The highest BCUT2D eigenvalue weighted by Crippen LogP contribution is 2.22. The third-order valence-corrected chi connectivity index (χ3v) is 7.23. The van der Waals surface area contributed by atoms with E-state index in [1.807, 2.05) is 19.1 Å². The molecule has 1 aromatic carbocycles. The predicted octanol–water partition coefficient (Wildman–Crippen LogP) is 2.56. The highest BCUT2D eigenvalue weighted by atomic mass is 32.2. The topological polar surface area (TPSA) is 88.8 Å². The minimum atomic E-state index is -3.53. The molecule has 0 bridgehead atoms. The van der Waals surface area contributed by atoms with Crippen LogP contribution in [0.1, 0.15) is 12.7 Å². The number of amides is 1. The number of nitrogens with zero attached hydrogens (tertiary/aromatic N) is 1. The molecule has 1 N–H and O–H groups in total. The lowest BCUT2D eigenvalue weighted by atomic mass is 10.3. The first-order valence-corrected chi connectivity index (χ1v) is 11.1. The van der Waals surface area contributed by atoms with Gasteiger partial charge in [0, 0.05) is 18.8 Å². The Bertz CT molecular complexity index is 844. The molecule has 9 heteroatoms. The Kier molecular flexibility index (Phi) is 6.59. The quantitative estimate of drug-likeness (QED) is 0.755. The Hall–Kier alpha value is -1.81. The highest BCUT2D eigenvalue weighted by molar-refractivity contribution is 7.99. The summed E-state index contributed by atoms with van der Waals surface area (Å²) in [6.07, 6.45) is 1.60. The van der Waals surface area contributed by atoms with Crippen molar-refractivity contribution in [3.8, 4) is 0 Å². The number of furan rings is 1. The van der Waals surface area contributed by atoms with Gasteiger partial charge in [0.2, 0.25) is 15.9 Å². The first-order chi connectivity index (χ1) is 13.0. The molecule has 2 aromatic rings. The second-order valence-corrected chi connectivity index (χ2v) is 9.33. The first-order valence-electron chi connectivity index (χ1n) is 8.59. The number of anilines is 1. The van der Waals surface area contributed by atoms with Crippen molar-refractivity contribution in [2.45, 2.75) is 22.8 Å². The molecule has 1 fully saturated rings. The summed E-state index contributed by atoms with van der Waals surface area (Å²) in [5, 5.41) is 2.54. The largest absolute Gasteiger partial charge is 0.468 e. The molecule has 0 aliphatic carbocycles. The number of benzene rings is 1. The van der Waals surface area contributed by atoms with E-state index in [1.165, 1.54) is 28.2 Å². The molecule has 0 unspecified atom stereocenters. The Morgan fingerprint density at radius 3 is 2.56 bits per heavy atom. The second-order valence-electron chi connectivity index (χ2n) is 6.06. The van der Waals surface area contributed by atoms with Crippen molar-refractivity contribution in [3.63, 3.8) is 0 Å². The summed E-state index contributed by atoms with van der Waals surface area (Å²) in [6, 6.07) is 9.92. The highest BCUT2D eigenvalue weighted by Gasteiger charge is 2.26. The zero-order valence-electron chi connectivity index (χ0n) is 15.0. The minimum Gasteiger partial charge on any atom is -0.468 e. The number of ether oxygens (including phenoxy) is 1. The molecule has 1 saturated heterocycles. The summed E-state index contributed by atoms with van der Waals surface area (Å²) in [5.74, 6) is 1.28. The van der Waals surface area contributed by atoms with Crippen molar-refractivity contribution in [1.82, 2.24) is 4.31 Å². The lowest BCUT2D eigenvalue weighted by Gasteiger charge is -2.26. The normalized spacial score (nSPS) is 16.8. The number of rotatable bonds is 7. The Balaban J connectivity index is 1.57. The number of hydrogen-bond donors (Lipinski definition) is 1. The number of nitrogens with one attached hydrogen (secondary N) is 1. The average Bonchev–Trinajstić information content (AvgIpc) is 3.21. The maximum absolute atomic E-state index is 12.6. The maximum atomic E-state index is 12.6. The monoisotopic (exact) mass is 410 g/mol. The van der Waals surface area contributed by atoms with Crippen LogP contribution in [0.3, 0.4) is 0 Å². The van der Waals surface area contributed by atoms with Gasteiger partial charge in [0.05, 0.1) is 35.4 Å². The third kappa shape index (κ3) is 5.13. The van der Waals surface area contributed by atoms with Crippen LogP contribution in [0.15, 0.2) is 52.0 Å². The van der Waals surface area contributed by atoms with E-state index in [9.17, 15) is 13.2 Å². The van der Waals surface area contributed by atoms with Crippen molar-refractivity contribution in [2.75, 3.05) is 31.6 Å². The van der Waals surface area contributed by atoms with Crippen LogP contribution in [0, 0.1) is 0 Å². The van der Waals surface area contributed by atoms with Crippen LogP contribution in [0.4, 0.5) is 5.69 Å². The molecule has 2 heterocycles. The maximum Gasteiger partial charge on any atom is 0.243 e. The van der Waals surface area contributed by atoms with Crippen molar-refractivity contribution < 1.29 is 22.4 Å². The molecular weight excluding hydrogens is 388 g/mol. The molecule has 1 amide bonds. The average molecular weight is 411 g/mol. The molecule has 7 nitrogen and oxygen atoms in total. The van der Waals surface area contributed by atoms with Crippen LogP contribution in [0.25, 0.3) is 0 Å². The first kappa shape index (κ1) is 19.9. The van der Waals surface area contributed by atoms with E-state index in [0.29, 0.717) is 37.7 Å². The molecule has 27 heavy (non-hydrogen) atoms. The van der Waals surface area contributed by atoms with Gasteiger partial charge in [0.15, 0.2) is 0 Å². The summed E-state index contributed by atoms with van der Waals surface area (Å²) in [7, 11) is -3.53. The van der Waals surface area contributed by atoms with Crippen LogP contribution in [0.2, 0.25) is 0 Å². The molecule has 0 spiro atoms. The zero-order valence-corrected chi connectivity index (χ0v) is 16.6. The number of hydrogen-bond acceptors (Lipinski definition) is 6. The van der Waals surface area contributed by atoms with Gasteiger partial charge in [-0.05, 0) is 43.3 Å². The SMILES string of the molecule is C[C@H](SCc1ccco1)C(=O)Nc1ccc(S(=O)(=O)N2CCOCC2)cc1.